The van der Waals surface area contributed by atoms with Crippen molar-refractivity contribution < 1.29 is 0 Å². The fourth-order valence-electron chi connectivity index (χ4n) is 0.697. The topological polar surface area (TPSA) is 0 Å². The lowest BCUT2D eigenvalue weighted by molar-refractivity contribution is 0.509. The highest BCUT2D eigenvalue weighted by Gasteiger charge is 2.00. The van der Waals surface area contributed by atoms with Gasteiger partial charge in [-0.1, -0.05) is 40.0 Å². The first-order chi connectivity index (χ1) is 5.04. The lowest BCUT2D eigenvalue weighted by Crippen LogP contribution is -1.88. The van der Waals surface area contributed by atoms with E-state index in [9.17, 15) is 0 Å². The second-order valence-electron chi connectivity index (χ2n) is 2.55. The summed E-state index contributed by atoms with van der Waals surface area (Å²) in [6, 6.07) is 0. The first-order valence-electron chi connectivity index (χ1n) is 3.96. The molecule has 0 nitrogen and oxygen atoms in total. The normalized spacial score (nSPS) is 11.5. The van der Waals surface area contributed by atoms with Crippen LogP contribution in [-0.4, -0.2) is 11.4 Å². The zero-order chi connectivity index (χ0) is 9.28. The van der Waals surface area contributed by atoms with Gasteiger partial charge in [0.25, 0.3) is 0 Å². The fraction of sp³-hybridized carbons (Fsp3) is 1.00. The maximum Gasteiger partial charge on any atom is 0.643 e. The molecule has 0 N–H and O–H groups in total. The standard InChI is InChI=1S/C7H16.Al.3ClH/c1-4-6-7(3)5-2;;;;/h7H,4-6H2,1-3H3;;3*1H/q;+3;;;/p-3. The Morgan fingerprint density at radius 2 is 1.55 bits per heavy atom. The van der Waals surface area contributed by atoms with E-state index in [1.807, 2.05) is 0 Å². The van der Waals surface area contributed by atoms with Crippen LogP contribution in [0.1, 0.15) is 40.0 Å². The van der Waals surface area contributed by atoms with Gasteiger partial charge in [-0.05, 0) is 5.92 Å². The summed E-state index contributed by atoms with van der Waals surface area (Å²) in [6.07, 6.45) is 4.08. The summed E-state index contributed by atoms with van der Waals surface area (Å²) in [6.45, 7) is 6.80. The SMILES string of the molecule is CCCC(C)CC.[Cl][Al]([Cl])[Cl]. The number of halogens is 3. The molecule has 0 aromatic heterocycles. The summed E-state index contributed by atoms with van der Waals surface area (Å²) in [5, 5.41) is 0. The third-order valence-electron chi connectivity index (χ3n) is 1.48. The van der Waals surface area contributed by atoms with Crippen LogP contribution in [-0.2, 0) is 0 Å². The van der Waals surface area contributed by atoms with Gasteiger partial charge in [-0.2, -0.15) is 0 Å². The van der Waals surface area contributed by atoms with Gasteiger partial charge in [-0.25, -0.2) is 30.1 Å². The molecule has 0 aliphatic carbocycles. The summed E-state index contributed by atoms with van der Waals surface area (Å²) in [5.41, 5.74) is 0. The van der Waals surface area contributed by atoms with Gasteiger partial charge in [0.1, 0.15) is 0 Å². The van der Waals surface area contributed by atoms with Crippen molar-refractivity contribution in [2.75, 3.05) is 0 Å². The predicted molar refractivity (Wildman–Crippen MR) is 57.7 cm³/mol. The van der Waals surface area contributed by atoms with Crippen molar-refractivity contribution in [1.29, 1.82) is 0 Å². The zero-order valence-electron chi connectivity index (χ0n) is 7.41. The molecule has 4 heteroatoms. The van der Waals surface area contributed by atoms with Crippen molar-refractivity contribution in [3.63, 3.8) is 0 Å². The second-order valence-corrected chi connectivity index (χ2v) is 8.98. The van der Waals surface area contributed by atoms with Crippen LogP contribution in [0, 0.1) is 5.92 Å². The van der Waals surface area contributed by atoms with Gasteiger partial charge in [-0.15, -0.1) is 0 Å². The molecule has 0 saturated carbocycles. The Hall–Kier alpha value is 1.40. The zero-order valence-corrected chi connectivity index (χ0v) is 10.8. The molecule has 68 valence electrons. The smallest absolute Gasteiger partial charge is 0.214 e. The highest BCUT2D eigenvalue weighted by Crippen LogP contribution is 2.07. The summed E-state index contributed by atoms with van der Waals surface area (Å²) in [7, 11) is 14.8. The molecule has 0 rings (SSSR count). The summed E-state index contributed by atoms with van der Waals surface area (Å²) in [4.78, 5) is 0. The molecular formula is C7H16AlCl3. The third kappa shape index (κ3) is 24.6. The van der Waals surface area contributed by atoms with Crippen LogP contribution in [0.3, 0.4) is 0 Å². The van der Waals surface area contributed by atoms with Crippen molar-refractivity contribution in [3.8, 4) is 0 Å². The molecule has 0 amide bonds. The van der Waals surface area contributed by atoms with Crippen LogP contribution in [0.5, 0.6) is 0 Å². The first kappa shape index (κ1) is 14.9. The van der Waals surface area contributed by atoms with Gasteiger partial charge < -0.3 is 0 Å². The molecule has 0 radical (unpaired) electrons. The van der Waals surface area contributed by atoms with E-state index >= 15 is 0 Å². The van der Waals surface area contributed by atoms with E-state index in [-0.39, 0.29) is 0 Å². The summed E-state index contributed by atoms with van der Waals surface area (Å²) >= 11 is -1.72. The van der Waals surface area contributed by atoms with Crippen molar-refractivity contribution in [1.82, 2.24) is 0 Å². The molecule has 0 fully saturated rings. The molecule has 0 aliphatic rings. The first-order valence-corrected chi connectivity index (χ1v) is 9.20. The molecule has 0 aromatic carbocycles. The lowest BCUT2D eigenvalue weighted by Gasteiger charge is -2.02. The average molecular weight is 234 g/mol. The van der Waals surface area contributed by atoms with Crippen molar-refractivity contribution in [3.05, 3.63) is 0 Å². The average Bonchev–Trinajstić information content (AvgIpc) is 1.87. The van der Waals surface area contributed by atoms with E-state index < -0.39 is 11.4 Å². The van der Waals surface area contributed by atoms with Crippen molar-refractivity contribution in [2.45, 2.75) is 40.0 Å². The van der Waals surface area contributed by atoms with Crippen molar-refractivity contribution >= 4 is 41.5 Å². The number of hydrogen-bond donors (Lipinski definition) is 0. The molecule has 0 saturated heterocycles. The minimum atomic E-state index is -1.72. The molecular weight excluding hydrogens is 217 g/mol. The number of hydrogen-bond acceptors (Lipinski definition) is 0. The van der Waals surface area contributed by atoms with Gasteiger partial charge >= 0.3 is 11.4 Å². The molecule has 0 aromatic rings. The Balaban J connectivity index is 0. The molecule has 0 heterocycles. The Kier molecular flexibility index (Phi) is 15.4. The van der Waals surface area contributed by atoms with E-state index in [2.05, 4.69) is 20.8 Å². The Labute approximate surface area is 87.2 Å². The van der Waals surface area contributed by atoms with E-state index in [0.29, 0.717) is 0 Å². The summed E-state index contributed by atoms with van der Waals surface area (Å²) < 4.78 is 0. The van der Waals surface area contributed by atoms with E-state index in [1.165, 1.54) is 19.3 Å². The minimum absolute atomic E-state index is 0.949. The van der Waals surface area contributed by atoms with Crippen LogP contribution < -0.4 is 0 Å². The fourth-order valence-corrected chi connectivity index (χ4v) is 0.697. The van der Waals surface area contributed by atoms with Crippen LogP contribution in [0.15, 0.2) is 0 Å². The van der Waals surface area contributed by atoms with Gasteiger partial charge in [0, 0.05) is 0 Å². The Morgan fingerprint density at radius 1 is 1.18 bits per heavy atom. The van der Waals surface area contributed by atoms with Crippen LogP contribution in [0.25, 0.3) is 0 Å². The predicted octanol–water partition coefficient (Wildman–Crippen LogP) is 4.52. The van der Waals surface area contributed by atoms with Gasteiger partial charge in [-0.3, -0.25) is 0 Å². The third-order valence-corrected chi connectivity index (χ3v) is 1.48. The van der Waals surface area contributed by atoms with Gasteiger partial charge in [0.05, 0.1) is 0 Å². The quantitative estimate of drug-likeness (QED) is 0.629. The molecule has 0 bridgehead atoms. The highest BCUT2D eigenvalue weighted by molar-refractivity contribution is 7.54. The van der Waals surface area contributed by atoms with Crippen LogP contribution in [0.4, 0.5) is 0 Å². The molecule has 11 heavy (non-hydrogen) atoms. The van der Waals surface area contributed by atoms with E-state index in [4.69, 9.17) is 30.1 Å². The largest absolute Gasteiger partial charge is 0.643 e. The Bertz CT molecular complexity index is 66.0. The molecule has 1 unspecified atom stereocenters. The van der Waals surface area contributed by atoms with Crippen molar-refractivity contribution in [2.24, 2.45) is 5.92 Å². The molecule has 0 spiro atoms. The van der Waals surface area contributed by atoms with Crippen LogP contribution in [0.2, 0.25) is 0 Å². The Morgan fingerprint density at radius 3 is 1.64 bits per heavy atom. The van der Waals surface area contributed by atoms with Gasteiger partial charge in [0.2, 0.25) is 0 Å². The summed E-state index contributed by atoms with van der Waals surface area (Å²) in [5.74, 6) is 0.949. The second kappa shape index (κ2) is 11.4. The number of rotatable bonds is 3. The van der Waals surface area contributed by atoms with Crippen LogP contribution >= 0.6 is 30.1 Å². The highest BCUT2D eigenvalue weighted by atomic mass is 35.8. The maximum atomic E-state index is 4.94. The molecule has 1 atom stereocenters. The van der Waals surface area contributed by atoms with Gasteiger partial charge in [0.15, 0.2) is 0 Å². The molecule has 0 aliphatic heterocycles. The van der Waals surface area contributed by atoms with E-state index in [1.54, 1.807) is 0 Å². The monoisotopic (exact) mass is 232 g/mol. The van der Waals surface area contributed by atoms with E-state index in [0.717, 1.165) is 5.92 Å². The maximum absolute atomic E-state index is 4.94. The minimum Gasteiger partial charge on any atom is -0.214 e. The lowest BCUT2D eigenvalue weighted by atomic mass is 10.0.